The lowest BCUT2D eigenvalue weighted by Gasteiger charge is -2.30. The molecular formula is C12H27N3. The predicted octanol–water partition coefficient (Wildman–Crippen LogP) is 1.01. The van der Waals surface area contributed by atoms with Gasteiger partial charge in [0.15, 0.2) is 0 Å². The molecule has 0 aromatic carbocycles. The van der Waals surface area contributed by atoms with Gasteiger partial charge in [-0.05, 0) is 53.5 Å². The van der Waals surface area contributed by atoms with Crippen molar-refractivity contribution in [1.82, 2.24) is 15.1 Å². The van der Waals surface area contributed by atoms with Gasteiger partial charge in [-0.25, -0.2) is 0 Å². The van der Waals surface area contributed by atoms with Crippen molar-refractivity contribution in [3.05, 3.63) is 0 Å². The molecule has 0 aromatic heterocycles. The van der Waals surface area contributed by atoms with Crippen molar-refractivity contribution in [1.29, 1.82) is 0 Å². The molecule has 1 fully saturated rings. The Hall–Kier alpha value is -0.120. The first-order chi connectivity index (χ1) is 7.19. The fraction of sp³-hybridized carbons (Fsp3) is 1.00. The number of likely N-dealkylation sites (N-methyl/N-ethyl adjacent to an activating group) is 2. The van der Waals surface area contributed by atoms with Crippen LogP contribution in [0.1, 0.15) is 26.7 Å². The number of hydrogen-bond acceptors (Lipinski definition) is 3. The van der Waals surface area contributed by atoms with Gasteiger partial charge in [-0.3, -0.25) is 4.90 Å². The van der Waals surface area contributed by atoms with Gasteiger partial charge in [0.25, 0.3) is 0 Å². The lowest BCUT2D eigenvalue weighted by Crippen LogP contribution is -2.42. The van der Waals surface area contributed by atoms with Crippen LogP contribution in [-0.4, -0.2) is 62.2 Å². The van der Waals surface area contributed by atoms with Crippen LogP contribution in [0.2, 0.25) is 0 Å². The second-order valence-corrected chi connectivity index (χ2v) is 4.75. The Kier molecular flexibility index (Phi) is 5.58. The summed E-state index contributed by atoms with van der Waals surface area (Å²) in [5.74, 6) is 0. The van der Waals surface area contributed by atoms with Gasteiger partial charge in [0.2, 0.25) is 0 Å². The molecule has 3 nitrogen and oxygen atoms in total. The molecule has 1 aliphatic heterocycles. The monoisotopic (exact) mass is 213 g/mol. The number of nitrogens with one attached hydrogen (secondary N) is 1. The second-order valence-electron chi connectivity index (χ2n) is 4.75. The van der Waals surface area contributed by atoms with E-state index in [0.717, 1.165) is 18.6 Å². The average Bonchev–Trinajstić information content (AvgIpc) is 2.37. The third kappa shape index (κ3) is 3.74. The van der Waals surface area contributed by atoms with Crippen LogP contribution < -0.4 is 5.32 Å². The molecule has 1 rings (SSSR count). The lowest BCUT2D eigenvalue weighted by molar-refractivity contribution is 0.180. The SMILES string of the molecule is CCN1CCC(C)N(C)CC1CCNC. The van der Waals surface area contributed by atoms with E-state index in [1.54, 1.807) is 0 Å². The van der Waals surface area contributed by atoms with Crippen LogP contribution in [0.5, 0.6) is 0 Å². The Bertz CT molecular complexity index is 172. The molecule has 15 heavy (non-hydrogen) atoms. The van der Waals surface area contributed by atoms with E-state index in [0.29, 0.717) is 0 Å². The van der Waals surface area contributed by atoms with Crippen molar-refractivity contribution in [2.24, 2.45) is 0 Å². The summed E-state index contributed by atoms with van der Waals surface area (Å²) in [4.78, 5) is 5.15. The summed E-state index contributed by atoms with van der Waals surface area (Å²) in [6.45, 7) is 9.42. The van der Waals surface area contributed by atoms with Crippen molar-refractivity contribution in [2.75, 3.05) is 40.3 Å². The van der Waals surface area contributed by atoms with E-state index in [1.807, 2.05) is 7.05 Å². The number of rotatable bonds is 4. The highest BCUT2D eigenvalue weighted by molar-refractivity contribution is 4.81. The molecule has 0 radical (unpaired) electrons. The van der Waals surface area contributed by atoms with Gasteiger partial charge in [-0.1, -0.05) is 6.92 Å². The average molecular weight is 213 g/mol. The largest absolute Gasteiger partial charge is 0.320 e. The molecule has 2 unspecified atom stereocenters. The van der Waals surface area contributed by atoms with Crippen LogP contribution >= 0.6 is 0 Å². The van der Waals surface area contributed by atoms with Gasteiger partial charge in [-0.2, -0.15) is 0 Å². The Labute approximate surface area is 94.8 Å². The van der Waals surface area contributed by atoms with Crippen LogP contribution in [0.3, 0.4) is 0 Å². The molecule has 0 saturated carbocycles. The Morgan fingerprint density at radius 1 is 1.40 bits per heavy atom. The van der Waals surface area contributed by atoms with Crippen molar-refractivity contribution in [3.8, 4) is 0 Å². The highest BCUT2D eigenvalue weighted by atomic mass is 15.2. The highest BCUT2D eigenvalue weighted by Crippen LogP contribution is 2.15. The second kappa shape index (κ2) is 6.46. The van der Waals surface area contributed by atoms with Crippen molar-refractivity contribution in [2.45, 2.75) is 38.8 Å². The van der Waals surface area contributed by atoms with Crippen LogP contribution in [0.4, 0.5) is 0 Å². The van der Waals surface area contributed by atoms with Crippen LogP contribution in [0, 0.1) is 0 Å². The minimum Gasteiger partial charge on any atom is -0.320 e. The molecule has 1 saturated heterocycles. The summed E-state index contributed by atoms with van der Waals surface area (Å²) in [6, 6.07) is 1.47. The summed E-state index contributed by atoms with van der Waals surface area (Å²) >= 11 is 0. The summed E-state index contributed by atoms with van der Waals surface area (Å²) < 4.78 is 0. The molecule has 0 aromatic rings. The van der Waals surface area contributed by atoms with E-state index in [1.165, 1.54) is 32.5 Å². The van der Waals surface area contributed by atoms with Crippen molar-refractivity contribution >= 4 is 0 Å². The normalized spacial score (nSPS) is 30.4. The number of hydrogen-bond donors (Lipinski definition) is 1. The van der Waals surface area contributed by atoms with Gasteiger partial charge < -0.3 is 10.2 Å². The molecule has 0 amide bonds. The fourth-order valence-corrected chi connectivity index (χ4v) is 2.38. The molecular weight excluding hydrogens is 186 g/mol. The number of nitrogens with zero attached hydrogens (tertiary/aromatic N) is 2. The molecule has 3 heteroatoms. The lowest BCUT2D eigenvalue weighted by atomic mass is 10.1. The summed E-state index contributed by atoms with van der Waals surface area (Å²) in [5.41, 5.74) is 0. The standard InChI is InChI=1S/C12H27N3/c1-5-15-9-7-11(2)14(4)10-12(15)6-8-13-3/h11-13H,5-10H2,1-4H3. The molecule has 0 spiro atoms. The minimum atomic E-state index is 0.734. The first-order valence-corrected chi connectivity index (χ1v) is 6.28. The molecule has 0 aliphatic carbocycles. The Morgan fingerprint density at radius 2 is 2.13 bits per heavy atom. The van der Waals surface area contributed by atoms with Gasteiger partial charge in [-0.15, -0.1) is 0 Å². The van der Waals surface area contributed by atoms with Gasteiger partial charge >= 0.3 is 0 Å². The summed E-state index contributed by atoms with van der Waals surface area (Å²) in [7, 11) is 4.30. The first-order valence-electron chi connectivity index (χ1n) is 6.28. The van der Waals surface area contributed by atoms with Gasteiger partial charge in [0.05, 0.1) is 0 Å². The van der Waals surface area contributed by atoms with Crippen LogP contribution in [-0.2, 0) is 0 Å². The predicted molar refractivity (Wildman–Crippen MR) is 66.3 cm³/mol. The van der Waals surface area contributed by atoms with Crippen LogP contribution in [0.15, 0.2) is 0 Å². The maximum absolute atomic E-state index is 3.26. The van der Waals surface area contributed by atoms with Crippen molar-refractivity contribution in [3.63, 3.8) is 0 Å². The summed E-state index contributed by atoms with van der Waals surface area (Å²) in [5, 5.41) is 3.26. The maximum atomic E-state index is 3.26. The van der Waals surface area contributed by atoms with E-state index in [4.69, 9.17) is 0 Å². The van der Waals surface area contributed by atoms with E-state index >= 15 is 0 Å². The Balaban J connectivity index is 2.53. The van der Waals surface area contributed by atoms with Gasteiger partial charge in [0, 0.05) is 18.6 Å². The molecule has 1 N–H and O–H groups in total. The fourth-order valence-electron chi connectivity index (χ4n) is 2.38. The van der Waals surface area contributed by atoms with Gasteiger partial charge in [0.1, 0.15) is 0 Å². The zero-order valence-corrected chi connectivity index (χ0v) is 10.8. The topological polar surface area (TPSA) is 18.5 Å². The first kappa shape index (κ1) is 12.9. The highest BCUT2D eigenvalue weighted by Gasteiger charge is 2.24. The third-order valence-corrected chi connectivity index (χ3v) is 3.74. The zero-order chi connectivity index (χ0) is 11.3. The summed E-state index contributed by atoms with van der Waals surface area (Å²) in [6.07, 6.45) is 2.57. The van der Waals surface area contributed by atoms with Crippen molar-refractivity contribution < 1.29 is 0 Å². The molecule has 1 aliphatic rings. The minimum absolute atomic E-state index is 0.734. The molecule has 2 atom stereocenters. The molecule has 90 valence electrons. The quantitative estimate of drug-likeness (QED) is 0.752. The van der Waals surface area contributed by atoms with E-state index in [2.05, 4.69) is 36.0 Å². The third-order valence-electron chi connectivity index (χ3n) is 3.74. The maximum Gasteiger partial charge on any atom is 0.0235 e. The van der Waals surface area contributed by atoms with E-state index in [9.17, 15) is 0 Å². The zero-order valence-electron chi connectivity index (χ0n) is 10.8. The Morgan fingerprint density at radius 3 is 2.73 bits per heavy atom. The molecule has 1 heterocycles. The van der Waals surface area contributed by atoms with E-state index in [-0.39, 0.29) is 0 Å². The van der Waals surface area contributed by atoms with Crippen LogP contribution in [0.25, 0.3) is 0 Å². The molecule has 0 bridgehead atoms. The van der Waals surface area contributed by atoms with E-state index < -0.39 is 0 Å². The smallest absolute Gasteiger partial charge is 0.0235 e.